The molecule has 0 spiro atoms. The minimum Gasteiger partial charge on any atom is -0.462 e. The first-order valence-electron chi connectivity index (χ1n) is 6.60. The summed E-state index contributed by atoms with van der Waals surface area (Å²) in [6, 6.07) is 6.04. The van der Waals surface area contributed by atoms with Crippen molar-refractivity contribution < 1.29 is 14.3 Å². The second kappa shape index (κ2) is 6.52. The molecule has 0 bridgehead atoms. The molecule has 0 aliphatic rings. The van der Waals surface area contributed by atoms with Gasteiger partial charge in [0.05, 0.1) is 23.9 Å². The maximum absolute atomic E-state index is 12.1. The van der Waals surface area contributed by atoms with E-state index in [1.807, 2.05) is 20.8 Å². The molecule has 0 radical (unpaired) electrons. The standard InChI is InChI=1S/C15H22N2O3/c1-5-20-14(19)10-8-6-7-9-11(10)17-13(18)12(16)15(2,3)4/h6-9,12H,5,16H2,1-4H3,(H,17,18)/t12-/m0/s1. The average Bonchev–Trinajstić information content (AvgIpc) is 2.37. The Hall–Kier alpha value is -1.88. The number of hydrogen-bond donors (Lipinski definition) is 2. The molecule has 1 aromatic rings. The van der Waals surface area contributed by atoms with Gasteiger partial charge in [0.25, 0.3) is 0 Å². The van der Waals surface area contributed by atoms with E-state index < -0.39 is 12.0 Å². The Labute approximate surface area is 119 Å². The normalized spacial score (nSPS) is 12.7. The number of rotatable bonds is 4. The SMILES string of the molecule is CCOC(=O)c1ccccc1NC(=O)[C@H](N)C(C)(C)C. The molecule has 0 heterocycles. The lowest BCUT2D eigenvalue weighted by Crippen LogP contribution is -2.45. The van der Waals surface area contributed by atoms with Crippen molar-refractivity contribution in [1.29, 1.82) is 0 Å². The lowest BCUT2D eigenvalue weighted by molar-refractivity contribution is -0.119. The van der Waals surface area contributed by atoms with Gasteiger partial charge in [-0.05, 0) is 24.5 Å². The first-order chi connectivity index (χ1) is 9.27. The smallest absolute Gasteiger partial charge is 0.340 e. The van der Waals surface area contributed by atoms with Gasteiger partial charge in [-0.25, -0.2) is 4.79 Å². The van der Waals surface area contributed by atoms with E-state index in [0.717, 1.165) is 0 Å². The highest BCUT2D eigenvalue weighted by Crippen LogP contribution is 2.21. The molecule has 110 valence electrons. The quantitative estimate of drug-likeness (QED) is 0.827. The fourth-order valence-electron chi connectivity index (χ4n) is 1.58. The number of esters is 1. The van der Waals surface area contributed by atoms with Crippen LogP contribution in [0.25, 0.3) is 0 Å². The van der Waals surface area contributed by atoms with E-state index >= 15 is 0 Å². The van der Waals surface area contributed by atoms with Crippen LogP contribution in [0.1, 0.15) is 38.1 Å². The van der Waals surface area contributed by atoms with E-state index in [-0.39, 0.29) is 17.9 Å². The second-order valence-electron chi connectivity index (χ2n) is 5.60. The molecule has 20 heavy (non-hydrogen) atoms. The highest BCUT2D eigenvalue weighted by atomic mass is 16.5. The zero-order chi connectivity index (χ0) is 15.3. The third-order valence-corrected chi connectivity index (χ3v) is 2.90. The second-order valence-corrected chi connectivity index (χ2v) is 5.60. The Kier molecular flexibility index (Phi) is 5.27. The summed E-state index contributed by atoms with van der Waals surface area (Å²) in [5, 5.41) is 2.69. The Morgan fingerprint density at radius 1 is 1.30 bits per heavy atom. The van der Waals surface area contributed by atoms with Gasteiger partial charge in [-0.15, -0.1) is 0 Å². The topological polar surface area (TPSA) is 81.4 Å². The Morgan fingerprint density at radius 3 is 2.45 bits per heavy atom. The van der Waals surface area contributed by atoms with Crippen molar-refractivity contribution in [3.8, 4) is 0 Å². The molecule has 1 rings (SSSR count). The summed E-state index contributed by atoms with van der Waals surface area (Å²) in [7, 11) is 0. The summed E-state index contributed by atoms with van der Waals surface area (Å²) < 4.78 is 4.96. The number of amides is 1. The largest absolute Gasteiger partial charge is 0.462 e. The van der Waals surface area contributed by atoms with Gasteiger partial charge < -0.3 is 15.8 Å². The molecule has 0 aliphatic heterocycles. The first kappa shape index (κ1) is 16.2. The molecule has 5 nitrogen and oxygen atoms in total. The van der Waals surface area contributed by atoms with Crippen LogP contribution in [0.3, 0.4) is 0 Å². The predicted molar refractivity (Wildman–Crippen MR) is 78.5 cm³/mol. The van der Waals surface area contributed by atoms with Gasteiger partial charge in [0.1, 0.15) is 0 Å². The number of carbonyl (C=O) groups excluding carboxylic acids is 2. The highest BCUT2D eigenvalue weighted by molar-refractivity contribution is 6.02. The van der Waals surface area contributed by atoms with E-state index in [1.165, 1.54) is 0 Å². The van der Waals surface area contributed by atoms with Gasteiger partial charge in [0, 0.05) is 0 Å². The molecule has 0 fully saturated rings. The maximum Gasteiger partial charge on any atom is 0.340 e. The van der Waals surface area contributed by atoms with E-state index in [4.69, 9.17) is 10.5 Å². The summed E-state index contributed by atoms with van der Waals surface area (Å²) >= 11 is 0. The van der Waals surface area contributed by atoms with Crippen molar-refractivity contribution in [3.63, 3.8) is 0 Å². The molecule has 0 unspecified atom stereocenters. The third kappa shape index (κ3) is 4.06. The fourth-order valence-corrected chi connectivity index (χ4v) is 1.58. The molecule has 0 aliphatic carbocycles. The summed E-state index contributed by atoms with van der Waals surface area (Å²) in [6.45, 7) is 7.66. The van der Waals surface area contributed by atoms with Crippen LogP contribution in [0.15, 0.2) is 24.3 Å². The van der Waals surface area contributed by atoms with Crippen LogP contribution in [0.4, 0.5) is 5.69 Å². The molecule has 0 saturated heterocycles. The van der Waals surface area contributed by atoms with Crippen molar-refractivity contribution in [2.75, 3.05) is 11.9 Å². The first-order valence-corrected chi connectivity index (χ1v) is 6.60. The Morgan fingerprint density at radius 2 is 1.90 bits per heavy atom. The molecular weight excluding hydrogens is 256 g/mol. The van der Waals surface area contributed by atoms with Crippen LogP contribution in [0.2, 0.25) is 0 Å². The molecule has 5 heteroatoms. The third-order valence-electron chi connectivity index (χ3n) is 2.90. The van der Waals surface area contributed by atoms with Crippen LogP contribution in [-0.4, -0.2) is 24.5 Å². The molecule has 1 atom stereocenters. The van der Waals surface area contributed by atoms with Crippen molar-refractivity contribution in [3.05, 3.63) is 29.8 Å². The van der Waals surface area contributed by atoms with Crippen LogP contribution in [0.5, 0.6) is 0 Å². The summed E-state index contributed by atoms with van der Waals surface area (Å²) in [6.07, 6.45) is 0. The average molecular weight is 278 g/mol. The molecule has 0 aromatic heterocycles. The number of anilines is 1. The number of nitrogens with two attached hydrogens (primary N) is 1. The fraction of sp³-hybridized carbons (Fsp3) is 0.467. The van der Waals surface area contributed by atoms with Gasteiger partial charge in [-0.2, -0.15) is 0 Å². The van der Waals surface area contributed by atoms with Crippen molar-refractivity contribution in [1.82, 2.24) is 0 Å². The van der Waals surface area contributed by atoms with E-state index in [9.17, 15) is 9.59 Å². The Balaban J connectivity index is 2.93. The molecule has 3 N–H and O–H groups in total. The summed E-state index contributed by atoms with van der Waals surface area (Å²) in [5.74, 6) is -0.790. The lowest BCUT2D eigenvalue weighted by Gasteiger charge is -2.26. The van der Waals surface area contributed by atoms with Gasteiger partial charge in [0.2, 0.25) is 5.91 Å². The van der Waals surface area contributed by atoms with E-state index in [1.54, 1.807) is 31.2 Å². The van der Waals surface area contributed by atoms with Crippen LogP contribution in [-0.2, 0) is 9.53 Å². The van der Waals surface area contributed by atoms with E-state index in [0.29, 0.717) is 11.3 Å². The number of carbonyl (C=O) groups is 2. The number of ether oxygens (including phenoxy) is 1. The van der Waals surface area contributed by atoms with E-state index in [2.05, 4.69) is 5.32 Å². The van der Waals surface area contributed by atoms with Gasteiger partial charge in [-0.1, -0.05) is 32.9 Å². The maximum atomic E-state index is 12.1. The predicted octanol–water partition coefficient (Wildman–Crippen LogP) is 2.18. The van der Waals surface area contributed by atoms with Crippen molar-refractivity contribution in [2.24, 2.45) is 11.1 Å². The van der Waals surface area contributed by atoms with Gasteiger partial charge >= 0.3 is 5.97 Å². The molecule has 1 aromatic carbocycles. The monoisotopic (exact) mass is 278 g/mol. The molecule has 1 amide bonds. The highest BCUT2D eigenvalue weighted by Gasteiger charge is 2.28. The summed E-state index contributed by atoms with van der Waals surface area (Å²) in [4.78, 5) is 23.9. The van der Waals surface area contributed by atoms with Gasteiger partial charge in [0.15, 0.2) is 0 Å². The van der Waals surface area contributed by atoms with Crippen LogP contribution >= 0.6 is 0 Å². The zero-order valence-corrected chi connectivity index (χ0v) is 12.4. The number of hydrogen-bond acceptors (Lipinski definition) is 4. The zero-order valence-electron chi connectivity index (χ0n) is 12.4. The number of nitrogens with one attached hydrogen (secondary N) is 1. The summed E-state index contributed by atoms with van der Waals surface area (Å²) in [5.41, 5.74) is 6.28. The van der Waals surface area contributed by atoms with Crippen LogP contribution in [0, 0.1) is 5.41 Å². The number of benzene rings is 1. The van der Waals surface area contributed by atoms with Crippen molar-refractivity contribution >= 4 is 17.6 Å². The number of para-hydroxylation sites is 1. The van der Waals surface area contributed by atoms with Gasteiger partial charge in [-0.3, -0.25) is 4.79 Å². The Bertz CT molecular complexity index is 492. The minimum absolute atomic E-state index is 0.280. The van der Waals surface area contributed by atoms with Crippen molar-refractivity contribution in [2.45, 2.75) is 33.7 Å². The van der Waals surface area contributed by atoms with Crippen LogP contribution < -0.4 is 11.1 Å². The molecular formula is C15H22N2O3. The minimum atomic E-state index is -0.669. The molecule has 0 saturated carbocycles. The lowest BCUT2D eigenvalue weighted by atomic mass is 9.87.